The number of hydrogen-bond acceptors (Lipinski definition) is 6. The first-order valence-corrected chi connectivity index (χ1v) is 10.1. The van der Waals surface area contributed by atoms with Crippen LogP contribution in [0.1, 0.15) is 64.2 Å². The summed E-state index contributed by atoms with van der Waals surface area (Å²) >= 11 is 0. The summed E-state index contributed by atoms with van der Waals surface area (Å²) in [5.74, 6) is 0. The fourth-order valence-electron chi connectivity index (χ4n) is 4.06. The van der Waals surface area contributed by atoms with Gasteiger partial charge in [-0.1, -0.05) is 38.5 Å². The summed E-state index contributed by atoms with van der Waals surface area (Å²) in [5.41, 5.74) is 0. The first-order chi connectivity index (χ1) is 12.1. The number of piperidine rings is 1. The monoisotopic (exact) mass is 359 g/mol. The summed E-state index contributed by atoms with van der Waals surface area (Å²) in [7, 11) is 0. The molecule has 0 amide bonds. The third-order valence-electron chi connectivity index (χ3n) is 5.71. The summed E-state index contributed by atoms with van der Waals surface area (Å²) in [4.78, 5) is 1.89. The van der Waals surface area contributed by atoms with Gasteiger partial charge >= 0.3 is 0 Å². The van der Waals surface area contributed by atoms with Crippen LogP contribution in [0.3, 0.4) is 0 Å². The van der Waals surface area contributed by atoms with Crippen molar-refractivity contribution in [3.63, 3.8) is 0 Å². The molecule has 1 heterocycles. The molecular formula is C19H37NO5. The standard InChI is InChI=1S/C19H37NO5/c21-14-16-18(23)19(24)17(22)13-20(16)11-7-3-4-8-12-25-15-9-5-1-2-6-10-15/h15-19,21-24H,1-14H2/t16-,17+,18-,19-/m1/s1. The number of β-amino-alcohol motifs (C(OH)–C–C–N with tert-alkyl or cyclic N) is 1. The number of aliphatic hydroxyl groups excluding tert-OH is 4. The van der Waals surface area contributed by atoms with Crippen molar-refractivity contribution in [3.8, 4) is 0 Å². The highest BCUT2D eigenvalue weighted by Gasteiger charge is 2.40. The lowest BCUT2D eigenvalue weighted by Gasteiger charge is -2.43. The minimum Gasteiger partial charge on any atom is -0.395 e. The molecule has 1 aliphatic carbocycles. The number of rotatable bonds is 9. The van der Waals surface area contributed by atoms with Crippen molar-refractivity contribution >= 4 is 0 Å². The van der Waals surface area contributed by atoms with Crippen LogP contribution in [-0.2, 0) is 4.74 Å². The van der Waals surface area contributed by atoms with Crippen LogP contribution in [0.15, 0.2) is 0 Å². The topological polar surface area (TPSA) is 93.4 Å². The minimum absolute atomic E-state index is 0.208. The Morgan fingerprint density at radius 1 is 0.840 bits per heavy atom. The molecule has 1 aliphatic heterocycles. The van der Waals surface area contributed by atoms with Crippen LogP contribution in [-0.4, -0.2) is 82.1 Å². The Morgan fingerprint density at radius 3 is 2.20 bits per heavy atom. The van der Waals surface area contributed by atoms with Gasteiger partial charge in [-0.2, -0.15) is 0 Å². The van der Waals surface area contributed by atoms with Crippen LogP contribution in [0, 0.1) is 0 Å². The molecule has 0 aromatic heterocycles. The normalized spacial score (nSPS) is 32.6. The number of hydrogen-bond donors (Lipinski definition) is 4. The van der Waals surface area contributed by atoms with Crippen LogP contribution in [0.2, 0.25) is 0 Å². The Hall–Kier alpha value is -0.240. The van der Waals surface area contributed by atoms with Gasteiger partial charge in [0.25, 0.3) is 0 Å². The van der Waals surface area contributed by atoms with Crippen molar-refractivity contribution < 1.29 is 25.2 Å². The average molecular weight is 360 g/mol. The summed E-state index contributed by atoms with van der Waals surface area (Å²) in [5, 5.41) is 38.9. The molecule has 6 nitrogen and oxygen atoms in total. The van der Waals surface area contributed by atoms with Gasteiger partial charge in [0.15, 0.2) is 0 Å². The zero-order valence-corrected chi connectivity index (χ0v) is 15.4. The highest BCUT2D eigenvalue weighted by molar-refractivity contribution is 4.93. The van der Waals surface area contributed by atoms with E-state index in [1.807, 2.05) is 4.90 Å². The van der Waals surface area contributed by atoms with Gasteiger partial charge in [0, 0.05) is 13.2 Å². The van der Waals surface area contributed by atoms with Crippen molar-refractivity contribution in [3.05, 3.63) is 0 Å². The van der Waals surface area contributed by atoms with Crippen molar-refractivity contribution in [2.75, 3.05) is 26.3 Å². The van der Waals surface area contributed by atoms with Gasteiger partial charge in [-0.15, -0.1) is 0 Å². The Bertz CT molecular complexity index is 349. The van der Waals surface area contributed by atoms with E-state index in [2.05, 4.69) is 0 Å². The molecule has 1 saturated carbocycles. The minimum atomic E-state index is -1.17. The van der Waals surface area contributed by atoms with Gasteiger partial charge in [0.2, 0.25) is 0 Å². The van der Waals surface area contributed by atoms with E-state index in [9.17, 15) is 20.4 Å². The molecule has 0 aromatic rings. The molecule has 0 unspecified atom stereocenters. The lowest BCUT2D eigenvalue weighted by molar-refractivity contribution is -0.145. The molecule has 6 heteroatoms. The van der Waals surface area contributed by atoms with Gasteiger partial charge in [-0.3, -0.25) is 4.90 Å². The molecule has 1 saturated heterocycles. The zero-order chi connectivity index (χ0) is 18.1. The SMILES string of the molecule is OC[C@@H]1[C@@H](O)[C@H](O)[C@@H](O)CN1CCCCCCOC1CCCCCC1. The lowest BCUT2D eigenvalue weighted by Crippen LogP contribution is -2.62. The van der Waals surface area contributed by atoms with Gasteiger partial charge in [-0.25, -0.2) is 0 Å². The quantitative estimate of drug-likeness (QED) is 0.363. The number of unbranched alkanes of at least 4 members (excludes halogenated alkanes) is 3. The predicted molar refractivity (Wildman–Crippen MR) is 96.4 cm³/mol. The molecule has 25 heavy (non-hydrogen) atoms. The van der Waals surface area contributed by atoms with E-state index in [1.165, 1.54) is 38.5 Å². The number of ether oxygens (including phenoxy) is 1. The predicted octanol–water partition coefficient (Wildman–Crippen LogP) is 1.05. The first kappa shape index (κ1) is 21.1. The highest BCUT2D eigenvalue weighted by Crippen LogP contribution is 2.21. The largest absolute Gasteiger partial charge is 0.395 e. The Kier molecular flexibility index (Phi) is 9.66. The smallest absolute Gasteiger partial charge is 0.109 e. The van der Waals surface area contributed by atoms with Gasteiger partial charge in [0.05, 0.1) is 24.9 Å². The van der Waals surface area contributed by atoms with Crippen molar-refractivity contribution in [2.24, 2.45) is 0 Å². The fraction of sp³-hybridized carbons (Fsp3) is 1.00. The molecule has 2 fully saturated rings. The maximum atomic E-state index is 9.97. The molecule has 0 radical (unpaired) electrons. The molecule has 4 N–H and O–H groups in total. The number of nitrogens with zero attached hydrogens (tertiary/aromatic N) is 1. The molecule has 0 bridgehead atoms. The molecular weight excluding hydrogens is 322 g/mol. The fourth-order valence-corrected chi connectivity index (χ4v) is 4.06. The van der Waals surface area contributed by atoms with Crippen molar-refractivity contribution in [1.82, 2.24) is 4.90 Å². The number of aliphatic hydroxyl groups is 4. The van der Waals surface area contributed by atoms with Gasteiger partial charge in [0.1, 0.15) is 12.2 Å². The summed E-state index contributed by atoms with van der Waals surface area (Å²) in [6.07, 6.45) is 9.20. The highest BCUT2D eigenvalue weighted by atomic mass is 16.5. The average Bonchev–Trinajstić information content (AvgIpc) is 2.88. The summed E-state index contributed by atoms with van der Waals surface area (Å²) < 4.78 is 6.00. The molecule has 2 rings (SSSR count). The van der Waals surface area contributed by atoms with Crippen LogP contribution in [0.5, 0.6) is 0 Å². The van der Waals surface area contributed by atoms with Crippen LogP contribution >= 0.6 is 0 Å². The second kappa shape index (κ2) is 11.5. The molecule has 0 spiro atoms. The van der Waals surface area contributed by atoms with E-state index in [4.69, 9.17) is 4.74 Å². The van der Waals surface area contributed by atoms with Crippen LogP contribution in [0.25, 0.3) is 0 Å². The van der Waals surface area contributed by atoms with E-state index in [1.54, 1.807) is 0 Å². The molecule has 0 aromatic carbocycles. The van der Waals surface area contributed by atoms with Crippen LogP contribution in [0.4, 0.5) is 0 Å². The summed E-state index contributed by atoms with van der Waals surface area (Å²) in [6, 6.07) is -0.489. The van der Waals surface area contributed by atoms with E-state index in [-0.39, 0.29) is 6.61 Å². The maximum absolute atomic E-state index is 9.97. The molecule has 4 atom stereocenters. The molecule has 2 aliphatic rings. The lowest BCUT2D eigenvalue weighted by atomic mass is 9.94. The van der Waals surface area contributed by atoms with Crippen LogP contribution < -0.4 is 0 Å². The molecule has 148 valence electrons. The Balaban J connectivity index is 1.54. The van der Waals surface area contributed by atoms with Gasteiger partial charge in [-0.05, 0) is 32.2 Å². The second-order valence-corrected chi connectivity index (χ2v) is 7.69. The number of likely N-dealkylation sites (tertiary alicyclic amines) is 1. The van der Waals surface area contributed by atoms with E-state index >= 15 is 0 Å². The third-order valence-corrected chi connectivity index (χ3v) is 5.71. The van der Waals surface area contributed by atoms with E-state index in [0.717, 1.165) is 38.8 Å². The van der Waals surface area contributed by atoms with Gasteiger partial charge < -0.3 is 25.2 Å². The van der Waals surface area contributed by atoms with Crippen molar-refractivity contribution in [1.29, 1.82) is 0 Å². The van der Waals surface area contributed by atoms with E-state index in [0.29, 0.717) is 12.6 Å². The summed E-state index contributed by atoms with van der Waals surface area (Å²) in [6.45, 7) is 1.65. The Labute approximate surface area is 151 Å². The third kappa shape index (κ3) is 6.77. The van der Waals surface area contributed by atoms with E-state index < -0.39 is 24.4 Å². The Morgan fingerprint density at radius 2 is 1.52 bits per heavy atom. The first-order valence-electron chi connectivity index (χ1n) is 10.1. The van der Waals surface area contributed by atoms with Crippen molar-refractivity contribution in [2.45, 2.75) is 94.7 Å². The second-order valence-electron chi connectivity index (χ2n) is 7.69. The maximum Gasteiger partial charge on any atom is 0.109 e. The zero-order valence-electron chi connectivity index (χ0n) is 15.4.